The molecule has 0 aromatic rings. The molecule has 1 saturated carbocycles. The summed E-state index contributed by atoms with van der Waals surface area (Å²) in [5.74, 6) is -0.309. The van der Waals surface area contributed by atoms with Gasteiger partial charge in [-0.2, -0.15) is 0 Å². The van der Waals surface area contributed by atoms with Crippen LogP contribution < -0.4 is 5.32 Å². The number of unbranched alkanes of at least 4 members (excludes halogenated alkanes) is 22. The van der Waals surface area contributed by atoms with Crippen molar-refractivity contribution in [2.24, 2.45) is 0 Å². The highest BCUT2D eigenvalue weighted by atomic mass is 31.2. The van der Waals surface area contributed by atoms with Crippen molar-refractivity contribution in [1.82, 2.24) is 5.32 Å². The molecule has 8 N–H and O–H groups in total. The van der Waals surface area contributed by atoms with E-state index in [1.165, 1.54) is 103 Å². The third-order valence-electron chi connectivity index (χ3n) is 10.2. The largest absolute Gasteiger partial charge is 0.472 e. The average Bonchev–Trinajstić information content (AvgIpc) is 3.11. The molecule has 1 aliphatic rings. The van der Waals surface area contributed by atoms with Gasteiger partial charge in [-0.15, -0.1) is 0 Å². The van der Waals surface area contributed by atoms with Crippen molar-refractivity contribution in [3.63, 3.8) is 0 Å². The van der Waals surface area contributed by atoms with Gasteiger partial charge in [0.05, 0.1) is 18.8 Å². The van der Waals surface area contributed by atoms with Crippen LogP contribution in [0.3, 0.4) is 0 Å². The Morgan fingerprint density at radius 2 is 0.941 bits per heavy atom. The first-order valence-corrected chi connectivity index (χ1v) is 22.0. The lowest BCUT2D eigenvalue weighted by Crippen LogP contribution is -2.64. The van der Waals surface area contributed by atoms with E-state index in [4.69, 9.17) is 9.05 Å². The Morgan fingerprint density at radius 1 is 0.588 bits per heavy atom. The van der Waals surface area contributed by atoms with Gasteiger partial charge in [0.1, 0.15) is 36.6 Å². The molecule has 0 spiro atoms. The summed E-state index contributed by atoms with van der Waals surface area (Å²) in [5.41, 5.74) is 0. The third kappa shape index (κ3) is 22.3. The molecule has 51 heavy (non-hydrogen) atoms. The number of hydrogen-bond donors (Lipinski definition) is 8. The highest BCUT2D eigenvalue weighted by molar-refractivity contribution is 7.47. The van der Waals surface area contributed by atoms with Crippen LogP contribution in [0.4, 0.5) is 0 Å². The van der Waals surface area contributed by atoms with Gasteiger partial charge in [-0.05, 0) is 12.8 Å². The van der Waals surface area contributed by atoms with Crippen molar-refractivity contribution in [1.29, 1.82) is 0 Å². The highest BCUT2D eigenvalue weighted by Crippen LogP contribution is 2.47. The van der Waals surface area contributed by atoms with E-state index in [1.807, 2.05) is 0 Å². The van der Waals surface area contributed by atoms with Crippen LogP contribution in [-0.2, 0) is 18.4 Å². The summed E-state index contributed by atoms with van der Waals surface area (Å²) in [6.07, 6.45) is 15.8. The fraction of sp³-hybridized carbons (Fsp3) is 0.974. The summed E-state index contributed by atoms with van der Waals surface area (Å²) in [6.45, 7) is 3.85. The highest BCUT2D eigenvalue weighted by Gasteiger charge is 2.51. The van der Waals surface area contributed by atoms with Crippen molar-refractivity contribution < 1.29 is 53.9 Å². The lowest BCUT2D eigenvalue weighted by atomic mass is 9.85. The Balaban J connectivity index is 2.52. The van der Waals surface area contributed by atoms with E-state index >= 15 is 0 Å². The minimum absolute atomic E-state index is 0.241. The molecular formula is C38H76NO11P. The van der Waals surface area contributed by atoms with E-state index in [9.17, 15) is 44.9 Å². The summed E-state index contributed by atoms with van der Waals surface area (Å²) in [4.78, 5) is 23.2. The molecule has 1 fully saturated rings. The van der Waals surface area contributed by atoms with E-state index in [0.29, 0.717) is 19.3 Å². The van der Waals surface area contributed by atoms with Gasteiger partial charge < -0.3 is 40.8 Å². The Kier molecular flexibility index (Phi) is 28.1. The number of phosphoric acid groups is 1. The fourth-order valence-corrected chi connectivity index (χ4v) is 7.70. The van der Waals surface area contributed by atoms with Gasteiger partial charge in [0, 0.05) is 6.42 Å². The molecule has 1 aliphatic carbocycles. The van der Waals surface area contributed by atoms with Crippen LogP contribution in [0.1, 0.15) is 181 Å². The van der Waals surface area contributed by atoms with Crippen LogP contribution in [-0.4, -0.2) is 96.8 Å². The molecule has 13 heteroatoms. The van der Waals surface area contributed by atoms with Crippen molar-refractivity contribution in [2.75, 3.05) is 6.61 Å². The SMILES string of the molecule is CCCCCCCCCCCCCCCCC(=O)N[C@@H](COP(=O)(O)OC1C(O)C(O)C(O)[C@@H](O)C1O)[C@H](O)CCCCCCCCCCCC. The second kappa shape index (κ2) is 29.7. The molecule has 0 saturated heterocycles. The van der Waals surface area contributed by atoms with E-state index < -0.39 is 63.2 Å². The number of rotatable bonds is 33. The van der Waals surface area contributed by atoms with Gasteiger partial charge >= 0.3 is 7.82 Å². The maximum atomic E-state index is 12.9. The molecule has 0 aromatic carbocycles. The molecule has 304 valence electrons. The minimum Gasteiger partial charge on any atom is -0.391 e. The molecule has 0 aromatic heterocycles. The normalized spacial score (nSPS) is 24.6. The summed E-state index contributed by atoms with van der Waals surface area (Å²) in [5, 5.41) is 63.8. The standard InChI is InChI=1S/C38H76NO11P/c1-3-5-7-9-11-13-15-16-17-18-20-22-24-26-28-32(41)39-30(31(40)27-25-23-21-19-14-12-10-8-6-4-2)29-49-51(47,48)50-38-36(45)34(43)33(42)35(44)37(38)46/h30-31,33-38,40,42-46H,3-29H2,1-2H3,(H,39,41)(H,47,48)/t30-,31+,33?,34+,35?,36?,37?,38?/m0/s1. The quantitative estimate of drug-likeness (QED) is 0.0274. The molecule has 0 aliphatic heterocycles. The zero-order chi connectivity index (χ0) is 37.9. The topological polar surface area (TPSA) is 206 Å². The predicted octanol–water partition coefficient (Wildman–Crippen LogP) is 6.33. The summed E-state index contributed by atoms with van der Waals surface area (Å²) in [7, 11) is -5.04. The molecule has 1 amide bonds. The van der Waals surface area contributed by atoms with E-state index in [-0.39, 0.29) is 12.3 Å². The Hall–Kier alpha value is -0.660. The Labute approximate surface area is 308 Å². The van der Waals surface area contributed by atoms with Gasteiger partial charge in [0.15, 0.2) is 0 Å². The second-order valence-electron chi connectivity index (χ2n) is 14.8. The molecule has 9 atom stereocenters. The molecule has 6 unspecified atom stereocenters. The molecule has 12 nitrogen and oxygen atoms in total. The minimum atomic E-state index is -5.04. The van der Waals surface area contributed by atoms with Crippen molar-refractivity contribution in [2.45, 2.75) is 230 Å². The lowest BCUT2D eigenvalue weighted by Gasteiger charge is -2.41. The predicted molar refractivity (Wildman–Crippen MR) is 200 cm³/mol. The number of nitrogens with one attached hydrogen (secondary N) is 1. The second-order valence-corrected chi connectivity index (χ2v) is 16.3. The summed E-state index contributed by atoms with van der Waals surface area (Å²) < 4.78 is 22.8. The zero-order valence-electron chi connectivity index (χ0n) is 31.9. The first-order valence-electron chi connectivity index (χ1n) is 20.5. The summed E-state index contributed by atoms with van der Waals surface area (Å²) >= 11 is 0. The molecule has 0 heterocycles. The number of hydrogen-bond acceptors (Lipinski definition) is 10. The third-order valence-corrected chi connectivity index (χ3v) is 11.2. The van der Waals surface area contributed by atoms with Crippen molar-refractivity contribution >= 4 is 13.7 Å². The van der Waals surface area contributed by atoms with Gasteiger partial charge in [0.2, 0.25) is 5.91 Å². The molecule has 0 bridgehead atoms. The van der Waals surface area contributed by atoms with Crippen molar-refractivity contribution in [3.05, 3.63) is 0 Å². The monoisotopic (exact) mass is 754 g/mol. The van der Waals surface area contributed by atoms with Crippen LogP contribution >= 0.6 is 7.82 Å². The first kappa shape index (κ1) is 48.4. The van der Waals surface area contributed by atoms with Crippen LogP contribution in [0.2, 0.25) is 0 Å². The zero-order valence-corrected chi connectivity index (χ0v) is 32.8. The number of aliphatic hydroxyl groups is 6. The van der Waals surface area contributed by atoms with Gasteiger partial charge in [-0.3, -0.25) is 13.8 Å². The van der Waals surface area contributed by atoms with Crippen molar-refractivity contribution in [3.8, 4) is 0 Å². The van der Waals surface area contributed by atoms with Gasteiger partial charge in [-0.25, -0.2) is 4.57 Å². The van der Waals surface area contributed by atoms with Gasteiger partial charge in [0.25, 0.3) is 0 Å². The lowest BCUT2D eigenvalue weighted by molar-refractivity contribution is -0.220. The maximum absolute atomic E-state index is 12.9. The fourth-order valence-electron chi connectivity index (χ4n) is 6.73. The smallest absolute Gasteiger partial charge is 0.391 e. The van der Waals surface area contributed by atoms with Crippen LogP contribution in [0.5, 0.6) is 0 Å². The Morgan fingerprint density at radius 3 is 1.35 bits per heavy atom. The molecular weight excluding hydrogens is 677 g/mol. The number of carbonyl (C=O) groups is 1. The van der Waals surface area contributed by atoms with Crippen LogP contribution in [0.25, 0.3) is 0 Å². The summed E-state index contributed by atoms with van der Waals surface area (Å²) in [6, 6.07) is -1.02. The van der Waals surface area contributed by atoms with Crippen LogP contribution in [0, 0.1) is 0 Å². The number of aliphatic hydroxyl groups excluding tert-OH is 6. The number of phosphoric ester groups is 1. The van der Waals surface area contributed by atoms with E-state index in [1.54, 1.807) is 0 Å². The van der Waals surface area contributed by atoms with Gasteiger partial charge in [-0.1, -0.05) is 162 Å². The van der Waals surface area contributed by atoms with E-state index in [2.05, 4.69) is 19.2 Å². The number of amides is 1. The van der Waals surface area contributed by atoms with E-state index in [0.717, 1.165) is 38.5 Å². The molecule has 0 radical (unpaired) electrons. The average molecular weight is 754 g/mol. The first-order chi connectivity index (χ1) is 24.4. The molecule has 1 rings (SSSR count). The Bertz CT molecular complexity index is 884. The number of carbonyl (C=O) groups excluding carboxylic acids is 1. The maximum Gasteiger partial charge on any atom is 0.472 e. The van der Waals surface area contributed by atoms with Crippen LogP contribution in [0.15, 0.2) is 0 Å².